The van der Waals surface area contributed by atoms with Gasteiger partial charge in [-0.3, -0.25) is 19.2 Å². The summed E-state index contributed by atoms with van der Waals surface area (Å²) in [6.07, 6.45) is 0.750. The second kappa shape index (κ2) is 11.4. The highest BCUT2D eigenvalue weighted by Crippen LogP contribution is 2.51. The molecule has 2 aliphatic rings. The Morgan fingerprint density at radius 2 is 1.77 bits per heavy atom. The Hall–Kier alpha value is -3.80. The summed E-state index contributed by atoms with van der Waals surface area (Å²) in [6, 6.07) is 3.03. The SMILES string of the molecule is CCCCC(=O)OCC(=O)[C@]1(O)Cc2c(O)c3c(c(O)c2[C@@H](NCCN(C)C)C1)C(=O)c1c(O)cccc1C3=O. The van der Waals surface area contributed by atoms with Gasteiger partial charge in [-0.05, 0) is 26.6 Å². The van der Waals surface area contributed by atoms with Crippen LogP contribution in [0.5, 0.6) is 17.2 Å². The smallest absolute Gasteiger partial charge is 0.306 e. The van der Waals surface area contributed by atoms with Crippen molar-refractivity contribution in [2.45, 2.75) is 50.7 Å². The number of likely N-dealkylation sites (N-methyl/N-ethyl adjacent to an activating group) is 1. The number of phenols is 3. The maximum atomic E-state index is 13.4. The van der Waals surface area contributed by atoms with Gasteiger partial charge in [0.2, 0.25) is 11.6 Å². The number of esters is 1. The van der Waals surface area contributed by atoms with Crippen molar-refractivity contribution in [1.82, 2.24) is 10.2 Å². The van der Waals surface area contributed by atoms with Crippen LogP contribution in [-0.4, -0.2) is 88.0 Å². The second-order valence-electron chi connectivity index (χ2n) is 10.6. The number of phenolic OH excluding ortho intramolecular Hbond substituents is 3. The molecule has 0 fully saturated rings. The van der Waals surface area contributed by atoms with Crippen molar-refractivity contribution in [2.75, 3.05) is 33.8 Å². The number of rotatable bonds is 10. The summed E-state index contributed by atoms with van der Waals surface area (Å²) in [6.45, 7) is 2.12. The molecule has 2 aliphatic carbocycles. The van der Waals surface area contributed by atoms with E-state index in [1.807, 2.05) is 25.9 Å². The van der Waals surface area contributed by atoms with Crippen molar-refractivity contribution in [2.24, 2.45) is 0 Å². The summed E-state index contributed by atoms with van der Waals surface area (Å²) in [7, 11) is 3.69. The fraction of sp³-hybridized carbons (Fsp3) is 0.448. The molecule has 40 heavy (non-hydrogen) atoms. The number of ketones is 3. The van der Waals surface area contributed by atoms with E-state index in [1.54, 1.807) is 0 Å². The summed E-state index contributed by atoms with van der Waals surface area (Å²) < 4.78 is 5.08. The number of unbranched alkanes of at least 4 members (excludes halogenated alkanes) is 1. The van der Waals surface area contributed by atoms with Crippen LogP contribution in [0.1, 0.15) is 81.6 Å². The third-order valence-electron chi connectivity index (χ3n) is 7.48. The number of fused-ring (bicyclic) bond motifs is 3. The lowest BCUT2D eigenvalue weighted by molar-refractivity contribution is -0.155. The lowest BCUT2D eigenvalue weighted by Crippen LogP contribution is -2.50. The van der Waals surface area contributed by atoms with Gasteiger partial charge >= 0.3 is 5.97 Å². The minimum atomic E-state index is -2.11. The highest BCUT2D eigenvalue weighted by atomic mass is 16.5. The average molecular weight is 555 g/mol. The van der Waals surface area contributed by atoms with Gasteiger partial charge in [0.05, 0.1) is 16.7 Å². The van der Waals surface area contributed by atoms with Gasteiger partial charge in [0.15, 0.2) is 12.4 Å². The molecule has 0 saturated heterocycles. The zero-order chi connectivity index (χ0) is 29.4. The first-order valence-electron chi connectivity index (χ1n) is 13.2. The normalized spacial score (nSPS) is 19.7. The van der Waals surface area contributed by atoms with Gasteiger partial charge in [-0.15, -0.1) is 0 Å². The highest BCUT2D eigenvalue weighted by molar-refractivity contribution is 6.31. The predicted molar refractivity (Wildman–Crippen MR) is 143 cm³/mol. The first kappa shape index (κ1) is 29.2. The fourth-order valence-electron chi connectivity index (χ4n) is 5.34. The molecular weight excluding hydrogens is 520 g/mol. The number of benzene rings is 2. The number of carbonyl (C=O) groups excluding carboxylic acids is 4. The molecule has 2 atom stereocenters. The number of aliphatic hydroxyl groups is 1. The number of ether oxygens (including phenoxy) is 1. The largest absolute Gasteiger partial charge is 0.507 e. The van der Waals surface area contributed by atoms with E-state index < -0.39 is 76.4 Å². The molecule has 11 nitrogen and oxygen atoms in total. The van der Waals surface area contributed by atoms with Gasteiger partial charge < -0.3 is 35.4 Å². The van der Waals surface area contributed by atoms with Crippen molar-refractivity contribution in [3.8, 4) is 17.2 Å². The van der Waals surface area contributed by atoms with E-state index in [2.05, 4.69) is 5.32 Å². The molecule has 0 spiro atoms. The summed E-state index contributed by atoms with van der Waals surface area (Å²) in [5, 5.41) is 47.8. The van der Waals surface area contributed by atoms with E-state index in [4.69, 9.17) is 4.74 Å². The summed E-state index contributed by atoms with van der Waals surface area (Å²) in [5.41, 5.74) is -3.43. The molecule has 0 aromatic heterocycles. The lowest BCUT2D eigenvalue weighted by Gasteiger charge is -2.39. The number of carbonyl (C=O) groups is 4. The zero-order valence-corrected chi connectivity index (χ0v) is 22.7. The standard InChI is InChI=1S/C29H34N2O9/c1-4-5-9-20(34)40-14-19(33)29(39)12-16-21(17(13-29)30-10-11-31(2)3)27(37)24-23(26(16)36)25(35)15-7-6-8-18(32)22(15)28(24)38/h6-8,17,30,32,36-37,39H,4-5,9-14H2,1-3H3/t17-,29-/m0/s1. The van der Waals surface area contributed by atoms with E-state index in [0.717, 1.165) is 6.42 Å². The van der Waals surface area contributed by atoms with Gasteiger partial charge in [-0.1, -0.05) is 25.5 Å². The van der Waals surface area contributed by atoms with Crippen LogP contribution in [0, 0.1) is 0 Å². The second-order valence-corrected chi connectivity index (χ2v) is 10.6. The predicted octanol–water partition coefficient (Wildman–Crippen LogP) is 1.75. The van der Waals surface area contributed by atoms with Crippen LogP contribution in [-0.2, 0) is 20.7 Å². The van der Waals surface area contributed by atoms with Crippen LogP contribution in [0.4, 0.5) is 0 Å². The number of nitrogens with one attached hydrogen (secondary N) is 1. The number of aromatic hydroxyl groups is 3. The molecule has 4 rings (SSSR count). The molecule has 2 aromatic carbocycles. The van der Waals surface area contributed by atoms with E-state index in [-0.39, 0.29) is 35.1 Å². The Labute approximate surface area is 231 Å². The van der Waals surface area contributed by atoms with Crippen LogP contribution in [0.3, 0.4) is 0 Å². The quantitative estimate of drug-likeness (QED) is 0.182. The lowest BCUT2D eigenvalue weighted by atomic mass is 9.71. The Bertz CT molecular complexity index is 1380. The van der Waals surface area contributed by atoms with Gasteiger partial charge in [0, 0.05) is 55.1 Å². The number of nitrogens with zero attached hydrogens (tertiary/aromatic N) is 1. The number of hydrogen-bond donors (Lipinski definition) is 5. The van der Waals surface area contributed by atoms with Crippen molar-refractivity contribution >= 4 is 23.3 Å². The highest BCUT2D eigenvalue weighted by Gasteiger charge is 2.48. The van der Waals surface area contributed by atoms with Crippen LogP contribution in [0.15, 0.2) is 18.2 Å². The molecule has 0 saturated carbocycles. The monoisotopic (exact) mass is 554 g/mol. The first-order valence-corrected chi connectivity index (χ1v) is 13.2. The van der Waals surface area contributed by atoms with Crippen LogP contribution < -0.4 is 5.32 Å². The fourth-order valence-corrected chi connectivity index (χ4v) is 5.34. The van der Waals surface area contributed by atoms with Crippen LogP contribution in [0.2, 0.25) is 0 Å². The number of hydrogen-bond acceptors (Lipinski definition) is 11. The summed E-state index contributed by atoms with van der Waals surface area (Å²) in [4.78, 5) is 53.9. The molecule has 11 heteroatoms. The molecular formula is C29H34N2O9. The van der Waals surface area contributed by atoms with Crippen LogP contribution >= 0.6 is 0 Å². The molecule has 0 unspecified atom stereocenters. The molecule has 0 radical (unpaired) electrons. The molecule has 214 valence electrons. The molecule has 5 N–H and O–H groups in total. The Kier molecular flexibility index (Phi) is 8.29. The zero-order valence-electron chi connectivity index (χ0n) is 22.7. The van der Waals surface area contributed by atoms with Gasteiger partial charge in [-0.2, -0.15) is 0 Å². The minimum Gasteiger partial charge on any atom is -0.507 e. The van der Waals surface area contributed by atoms with Gasteiger partial charge in [0.1, 0.15) is 22.8 Å². The van der Waals surface area contributed by atoms with Crippen molar-refractivity contribution in [1.29, 1.82) is 0 Å². The average Bonchev–Trinajstić information content (AvgIpc) is 2.90. The molecule has 0 heterocycles. The summed E-state index contributed by atoms with van der Waals surface area (Å²) in [5.74, 6) is -4.64. The van der Waals surface area contributed by atoms with Crippen molar-refractivity contribution < 1.29 is 44.3 Å². The Balaban J connectivity index is 1.79. The van der Waals surface area contributed by atoms with E-state index in [9.17, 15) is 39.6 Å². The first-order chi connectivity index (χ1) is 18.9. The third-order valence-corrected chi connectivity index (χ3v) is 7.48. The van der Waals surface area contributed by atoms with E-state index in [1.165, 1.54) is 18.2 Å². The van der Waals surface area contributed by atoms with Crippen molar-refractivity contribution in [3.05, 3.63) is 51.6 Å². The maximum Gasteiger partial charge on any atom is 0.306 e. The van der Waals surface area contributed by atoms with Crippen molar-refractivity contribution in [3.63, 3.8) is 0 Å². The minimum absolute atomic E-state index is 0.0669. The van der Waals surface area contributed by atoms with E-state index in [0.29, 0.717) is 19.5 Å². The van der Waals surface area contributed by atoms with Gasteiger partial charge in [-0.25, -0.2) is 0 Å². The summed E-state index contributed by atoms with van der Waals surface area (Å²) >= 11 is 0. The molecule has 0 bridgehead atoms. The number of Topliss-reactive ketones (excluding diaryl/α,β-unsaturated/α-hetero) is 1. The maximum absolute atomic E-state index is 13.4. The Morgan fingerprint density at radius 3 is 2.45 bits per heavy atom. The molecule has 0 amide bonds. The third kappa shape index (κ3) is 5.19. The topological polar surface area (TPSA) is 174 Å². The molecule has 2 aromatic rings. The van der Waals surface area contributed by atoms with Gasteiger partial charge in [0.25, 0.3) is 0 Å². The Morgan fingerprint density at radius 1 is 1.07 bits per heavy atom. The van der Waals surface area contributed by atoms with E-state index >= 15 is 0 Å². The molecule has 0 aliphatic heterocycles. The van der Waals surface area contributed by atoms with Crippen LogP contribution in [0.25, 0.3) is 0 Å².